The second-order valence-electron chi connectivity index (χ2n) is 7.85. The van der Waals surface area contributed by atoms with E-state index >= 15 is 0 Å². The second kappa shape index (κ2) is 7.26. The van der Waals surface area contributed by atoms with Crippen LogP contribution >= 0.6 is 0 Å². The average molecular weight is 418 g/mol. The highest BCUT2D eigenvalue weighted by atomic mass is 19.4. The number of ether oxygens (including phenoxy) is 1. The quantitative estimate of drug-likeness (QED) is 0.694. The van der Waals surface area contributed by atoms with Crippen molar-refractivity contribution >= 4 is 17.5 Å². The van der Waals surface area contributed by atoms with Crippen molar-refractivity contribution in [3.63, 3.8) is 0 Å². The number of fused-ring (bicyclic) bond motifs is 1. The summed E-state index contributed by atoms with van der Waals surface area (Å²) >= 11 is 0. The number of nitrogens with zero attached hydrogens (tertiary/aromatic N) is 4. The normalized spacial score (nSPS) is 25.1. The summed E-state index contributed by atoms with van der Waals surface area (Å²) in [6.45, 7) is 1.78. The Labute approximate surface area is 164 Å². The van der Waals surface area contributed by atoms with Crippen molar-refractivity contribution in [2.75, 3.05) is 36.0 Å². The summed E-state index contributed by atoms with van der Waals surface area (Å²) < 4.78 is 62.1. The Balaban J connectivity index is 1.77. The van der Waals surface area contributed by atoms with E-state index in [9.17, 15) is 27.2 Å². The van der Waals surface area contributed by atoms with Gasteiger partial charge in [-0.2, -0.15) is 22.5 Å². The summed E-state index contributed by atoms with van der Waals surface area (Å²) in [5.41, 5.74) is -1.02. The van der Waals surface area contributed by atoms with Crippen LogP contribution in [0.1, 0.15) is 26.2 Å². The van der Waals surface area contributed by atoms with E-state index in [-0.39, 0.29) is 55.8 Å². The summed E-state index contributed by atoms with van der Waals surface area (Å²) in [6.07, 6.45) is -3.97. The first-order valence-corrected chi connectivity index (χ1v) is 9.69. The molecule has 1 unspecified atom stereocenters. The first-order valence-electron chi connectivity index (χ1n) is 9.69. The number of alkyl halides is 3. The fraction of sp³-hybridized carbons (Fsp3) is 0.722. The zero-order chi connectivity index (χ0) is 20.9. The van der Waals surface area contributed by atoms with E-state index in [4.69, 9.17) is 4.74 Å². The smallest absolute Gasteiger partial charge is 0.375 e. The first kappa shape index (κ1) is 20.1. The number of anilines is 2. The van der Waals surface area contributed by atoms with Gasteiger partial charge in [0.05, 0.1) is 19.3 Å². The van der Waals surface area contributed by atoms with Crippen LogP contribution in [0.3, 0.4) is 0 Å². The number of aromatic nitrogens is 2. The Morgan fingerprint density at radius 3 is 2.59 bits per heavy atom. The molecular formula is C18H22F4N4O3. The molecule has 0 amide bonds. The largest absolute Gasteiger partial charge is 0.408 e. The van der Waals surface area contributed by atoms with Crippen LogP contribution in [0.5, 0.6) is 0 Å². The van der Waals surface area contributed by atoms with Crippen LogP contribution in [-0.2, 0) is 16.1 Å². The SMILES string of the molecule is C[C@H]1CN(c2nc3n(c(=O)c2F)CCC(C(F)(F)F)N3CC(=O)C2CC2)CCO1. The molecule has 3 aliphatic rings. The highest BCUT2D eigenvalue weighted by Crippen LogP contribution is 2.36. The van der Waals surface area contributed by atoms with Gasteiger partial charge >= 0.3 is 6.18 Å². The molecule has 1 aromatic heterocycles. The minimum Gasteiger partial charge on any atom is -0.375 e. The maximum Gasteiger partial charge on any atom is 0.408 e. The maximum absolute atomic E-state index is 14.8. The Morgan fingerprint density at radius 2 is 1.97 bits per heavy atom. The highest BCUT2D eigenvalue weighted by Gasteiger charge is 2.48. The molecule has 0 spiro atoms. The fourth-order valence-corrected chi connectivity index (χ4v) is 3.92. The van der Waals surface area contributed by atoms with Crippen LogP contribution in [0.2, 0.25) is 0 Å². The van der Waals surface area contributed by atoms with E-state index < -0.39 is 36.6 Å². The minimum atomic E-state index is -4.60. The monoisotopic (exact) mass is 418 g/mol. The topological polar surface area (TPSA) is 67.7 Å². The molecular weight excluding hydrogens is 396 g/mol. The van der Waals surface area contributed by atoms with E-state index in [0.29, 0.717) is 12.8 Å². The lowest BCUT2D eigenvalue weighted by Gasteiger charge is -2.39. The molecule has 7 nitrogen and oxygen atoms in total. The molecule has 2 atom stereocenters. The van der Waals surface area contributed by atoms with Crippen LogP contribution in [0.15, 0.2) is 4.79 Å². The number of Topliss-reactive ketones (excluding diaryl/α,β-unsaturated/α-hetero) is 1. The number of hydrogen-bond acceptors (Lipinski definition) is 6. The highest BCUT2D eigenvalue weighted by molar-refractivity contribution is 5.87. The summed E-state index contributed by atoms with van der Waals surface area (Å²) in [6, 6.07) is -1.95. The molecule has 0 aromatic carbocycles. The molecule has 160 valence electrons. The summed E-state index contributed by atoms with van der Waals surface area (Å²) in [5, 5.41) is 0. The third-order valence-corrected chi connectivity index (χ3v) is 5.61. The summed E-state index contributed by atoms with van der Waals surface area (Å²) in [5.74, 6) is -2.24. The summed E-state index contributed by atoms with van der Waals surface area (Å²) in [7, 11) is 0. The Bertz CT molecular complexity index is 868. The predicted octanol–water partition coefficient (Wildman–Crippen LogP) is 1.73. The van der Waals surface area contributed by atoms with E-state index in [1.165, 1.54) is 4.90 Å². The lowest BCUT2D eigenvalue weighted by molar-refractivity contribution is -0.153. The lowest BCUT2D eigenvalue weighted by Crippen LogP contribution is -2.55. The van der Waals surface area contributed by atoms with Crippen molar-refractivity contribution in [1.82, 2.24) is 9.55 Å². The van der Waals surface area contributed by atoms with Crippen LogP contribution in [-0.4, -0.2) is 59.9 Å². The van der Waals surface area contributed by atoms with Gasteiger partial charge in [0.15, 0.2) is 11.6 Å². The van der Waals surface area contributed by atoms with Gasteiger partial charge in [-0.1, -0.05) is 0 Å². The van der Waals surface area contributed by atoms with Crippen molar-refractivity contribution in [1.29, 1.82) is 0 Å². The van der Waals surface area contributed by atoms with Gasteiger partial charge in [0.25, 0.3) is 5.56 Å². The number of carbonyl (C=O) groups is 1. The molecule has 0 bridgehead atoms. The van der Waals surface area contributed by atoms with Gasteiger partial charge < -0.3 is 14.5 Å². The maximum atomic E-state index is 14.8. The van der Waals surface area contributed by atoms with E-state index in [1.54, 1.807) is 6.92 Å². The van der Waals surface area contributed by atoms with Crippen LogP contribution < -0.4 is 15.4 Å². The zero-order valence-electron chi connectivity index (χ0n) is 15.9. The zero-order valence-corrected chi connectivity index (χ0v) is 15.9. The van der Waals surface area contributed by atoms with E-state index in [0.717, 1.165) is 9.47 Å². The lowest BCUT2D eigenvalue weighted by atomic mass is 10.1. The number of hydrogen-bond donors (Lipinski definition) is 0. The van der Waals surface area contributed by atoms with Gasteiger partial charge in [0, 0.05) is 25.6 Å². The third-order valence-electron chi connectivity index (χ3n) is 5.61. The van der Waals surface area contributed by atoms with Crippen LogP contribution in [0, 0.1) is 11.7 Å². The standard InChI is InChI=1S/C18H22F4N4O3/c1-10-8-24(6-7-29-10)15-14(19)16(28)25-5-4-13(18(20,21)22)26(17(25)23-15)9-12(27)11-2-3-11/h10-11,13H,2-9H2,1H3/t10-,13?/m0/s1. The first-order chi connectivity index (χ1) is 13.7. The fourth-order valence-electron chi connectivity index (χ4n) is 3.92. The van der Waals surface area contributed by atoms with Gasteiger partial charge in [-0.15, -0.1) is 0 Å². The molecule has 0 N–H and O–H groups in total. The number of carbonyl (C=O) groups excluding carboxylic acids is 1. The number of morpholine rings is 1. The van der Waals surface area contributed by atoms with Crippen molar-refractivity contribution < 1.29 is 27.1 Å². The predicted molar refractivity (Wildman–Crippen MR) is 95.6 cm³/mol. The molecule has 1 saturated heterocycles. The van der Waals surface area contributed by atoms with Gasteiger partial charge in [-0.05, 0) is 26.2 Å². The molecule has 11 heteroatoms. The minimum absolute atomic E-state index is 0.237. The number of rotatable bonds is 4. The Kier molecular flexibility index (Phi) is 5.04. The molecule has 1 aliphatic carbocycles. The Hall–Kier alpha value is -2.17. The molecule has 0 radical (unpaired) electrons. The average Bonchev–Trinajstić information content (AvgIpc) is 3.49. The van der Waals surface area contributed by atoms with Gasteiger partial charge in [-0.25, -0.2) is 0 Å². The van der Waals surface area contributed by atoms with Gasteiger partial charge in [-0.3, -0.25) is 14.2 Å². The molecule has 4 rings (SSSR count). The van der Waals surface area contributed by atoms with Crippen LogP contribution in [0.25, 0.3) is 0 Å². The van der Waals surface area contributed by atoms with Gasteiger partial charge in [0.1, 0.15) is 6.04 Å². The van der Waals surface area contributed by atoms with Crippen LogP contribution in [0.4, 0.5) is 29.3 Å². The van der Waals surface area contributed by atoms with Gasteiger partial charge in [0.2, 0.25) is 11.8 Å². The molecule has 29 heavy (non-hydrogen) atoms. The van der Waals surface area contributed by atoms with Crippen molar-refractivity contribution in [3.05, 3.63) is 16.2 Å². The molecule has 1 saturated carbocycles. The van der Waals surface area contributed by atoms with E-state index in [1.807, 2.05) is 0 Å². The number of ketones is 1. The molecule has 3 heterocycles. The molecule has 2 aliphatic heterocycles. The number of halogens is 4. The Morgan fingerprint density at radius 1 is 1.24 bits per heavy atom. The van der Waals surface area contributed by atoms with E-state index in [2.05, 4.69) is 4.98 Å². The molecule has 1 aromatic rings. The third kappa shape index (κ3) is 3.84. The molecule has 2 fully saturated rings. The van der Waals surface area contributed by atoms with Crippen molar-refractivity contribution in [2.24, 2.45) is 5.92 Å². The van der Waals surface area contributed by atoms with Crippen molar-refractivity contribution in [3.8, 4) is 0 Å². The summed E-state index contributed by atoms with van der Waals surface area (Å²) in [4.78, 5) is 31.4. The van der Waals surface area contributed by atoms with Crippen molar-refractivity contribution in [2.45, 2.75) is 51.1 Å². The second-order valence-corrected chi connectivity index (χ2v) is 7.85.